The molecular formula is C29H21NO7S. The van der Waals surface area contributed by atoms with E-state index in [2.05, 4.69) is 0 Å². The molecule has 0 atom stereocenters. The van der Waals surface area contributed by atoms with Crippen LogP contribution in [-0.4, -0.2) is 42.6 Å². The Balaban J connectivity index is 1.40. The standard InChI is InChI=1S/C29H21NO7S/c1-35-19-9-11-24(36-2)21(14-19)23(32)16-30-28(33)27(38-29(30)34)13-17-8-10-25-20(12-17)22(31)15-26(37-25)18-6-4-3-5-7-18/h3-15H,16H2,1-2H3/b27-13+. The van der Waals surface area contributed by atoms with Gasteiger partial charge in [0.1, 0.15) is 22.8 Å². The van der Waals surface area contributed by atoms with Gasteiger partial charge in [-0.25, -0.2) is 0 Å². The van der Waals surface area contributed by atoms with E-state index in [0.29, 0.717) is 33.8 Å². The molecule has 0 aliphatic carbocycles. The number of methoxy groups -OCH3 is 2. The van der Waals surface area contributed by atoms with Crippen molar-refractivity contribution >= 4 is 45.7 Å². The predicted octanol–water partition coefficient (Wildman–Crippen LogP) is 5.40. The van der Waals surface area contributed by atoms with Crippen LogP contribution >= 0.6 is 11.8 Å². The summed E-state index contributed by atoms with van der Waals surface area (Å²) in [4.78, 5) is 52.5. The first-order valence-corrected chi connectivity index (χ1v) is 12.3. The SMILES string of the molecule is COc1ccc(OC)c(C(=O)CN2C(=O)S/C(=C/c3ccc4oc(-c5ccccc5)cc(=O)c4c3)C2=O)c1. The van der Waals surface area contributed by atoms with Crippen molar-refractivity contribution in [2.75, 3.05) is 20.8 Å². The lowest BCUT2D eigenvalue weighted by atomic mass is 10.1. The van der Waals surface area contributed by atoms with Crippen LogP contribution in [0.2, 0.25) is 0 Å². The molecule has 0 unspecified atom stereocenters. The molecule has 1 aliphatic heterocycles. The number of carbonyl (C=O) groups excluding carboxylic acids is 3. The lowest BCUT2D eigenvalue weighted by Crippen LogP contribution is -2.33. The van der Waals surface area contributed by atoms with E-state index >= 15 is 0 Å². The number of ether oxygens (including phenoxy) is 2. The molecule has 38 heavy (non-hydrogen) atoms. The first-order chi connectivity index (χ1) is 18.4. The van der Waals surface area contributed by atoms with Gasteiger partial charge in [-0.3, -0.25) is 24.1 Å². The highest BCUT2D eigenvalue weighted by molar-refractivity contribution is 8.18. The number of amides is 2. The zero-order chi connectivity index (χ0) is 26.8. The third-order valence-corrected chi connectivity index (χ3v) is 6.90. The summed E-state index contributed by atoms with van der Waals surface area (Å²) in [5.41, 5.74) is 1.70. The van der Waals surface area contributed by atoms with Gasteiger partial charge >= 0.3 is 0 Å². The molecule has 4 aromatic rings. The predicted molar refractivity (Wildman–Crippen MR) is 144 cm³/mol. The summed E-state index contributed by atoms with van der Waals surface area (Å²) in [5.74, 6) is 0.140. The van der Waals surface area contributed by atoms with Crippen molar-refractivity contribution in [3.8, 4) is 22.8 Å². The van der Waals surface area contributed by atoms with Crippen LogP contribution in [0.15, 0.2) is 86.9 Å². The quantitative estimate of drug-likeness (QED) is 0.233. The number of rotatable bonds is 7. The van der Waals surface area contributed by atoms with Crippen molar-refractivity contribution in [3.05, 3.63) is 99.1 Å². The van der Waals surface area contributed by atoms with Crippen LogP contribution < -0.4 is 14.9 Å². The number of benzene rings is 3. The summed E-state index contributed by atoms with van der Waals surface area (Å²) in [5, 5.41) is -0.220. The van der Waals surface area contributed by atoms with Crippen molar-refractivity contribution in [2.24, 2.45) is 0 Å². The van der Waals surface area contributed by atoms with Crippen molar-refractivity contribution in [2.45, 2.75) is 0 Å². The zero-order valence-electron chi connectivity index (χ0n) is 20.4. The van der Waals surface area contributed by atoms with Gasteiger partial charge in [0, 0.05) is 11.6 Å². The minimum atomic E-state index is -0.596. The van der Waals surface area contributed by atoms with Gasteiger partial charge in [0.05, 0.1) is 36.6 Å². The van der Waals surface area contributed by atoms with Gasteiger partial charge in [0.15, 0.2) is 11.2 Å². The zero-order valence-corrected chi connectivity index (χ0v) is 21.2. The van der Waals surface area contributed by atoms with E-state index < -0.39 is 23.5 Å². The van der Waals surface area contributed by atoms with Crippen molar-refractivity contribution < 1.29 is 28.3 Å². The molecule has 5 rings (SSSR count). The van der Waals surface area contributed by atoms with Crippen molar-refractivity contribution in [1.29, 1.82) is 0 Å². The average molecular weight is 528 g/mol. The van der Waals surface area contributed by atoms with Crippen LogP contribution in [0.4, 0.5) is 4.79 Å². The third-order valence-electron chi connectivity index (χ3n) is 5.99. The number of ketones is 1. The molecule has 190 valence electrons. The van der Waals surface area contributed by atoms with Crippen LogP contribution in [0.5, 0.6) is 11.5 Å². The minimum Gasteiger partial charge on any atom is -0.497 e. The Kier molecular flexibility index (Phi) is 6.85. The van der Waals surface area contributed by atoms with Crippen molar-refractivity contribution in [3.63, 3.8) is 0 Å². The molecule has 1 fully saturated rings. The Hall–Kier alpha value is -4.63. The van der Waals surface area contributed by atoms with Gasteiger partial charge in [0.2, 0.25) is 0 Å². The van der Waals surface area contributed by atoms with Crippen LogP contribution in [0.25, 0.3) is 28.4 Å². The molecule has 0 bridgehead atoms. The second kappa shape index (κ2) is 10.4. The lowest BCUT2D eigenvalue weighted by molar-refractivity contribution is -0.122. The molecule has 1 saturated heterocycles. The van der Waals surface area contributed by atoms with E-state index in [1.54, 1.807) is 30.3 Å². The van der Waals surface area contributed by atoms with Gasteiger partial charge < -0.3 is 13.9 Å². The Morgan fingerprint density at radius 3 is 2.47 bits per heavy atom. The fourth-order valence-electron chi connectivity index (χ4n) is 4.06. The van der Waals surface area contributed by atoms with E-state index in [1.807, 2.05) is 30.3 Å². The normalized spacial score (nSPS) is 14.4. The number of nitrogens with zero attached hydrogens (tertiary/aromatic N) is 1. The molecule has 0 radical (unpaired) electrons. The highest BCUT2D eigenvalue weighted by Gasteiger charge is 2.37. The largest absolute Gasteiger partial charge is 0.497 e. The van der Waals surface area contributed by atoms with E-state index in [1.165, 1.54) is 32.4 Å². The van der Waals surface area contributed by atoms with E-state index in [0.717, 1.165) is 22.2 Å². The molecule has 1 aromatic heterocycles. The van der Waals surface area contributed by atoms with Gasteiger partial charge in [-0.15, -0.1) is 0 Å². The van der Waals surface area contributed by atoms with Crippen molar-refractivity contribution in [1.82, 2.24) is 4.90 Å². The Morgan fingerprint density at radius 1 is 0.947 bits per heavy atom. The summed E-state index contributed by atoms with van der Waals surface area (Å²) in [6.07, 6.45) is 1.52. The molecule has 0 saturated carbocycles. The van der Waals surface area contributed by atoms with E-state index in [4.69, 9.17) is 13.9 Å². The number of hydrogen-bond donors (Lipinski definition) is 0. The van der Waals surface area contributed by atoms with Crippen LogP contribution in [0, 0.1) is 0 Å². The highest BCUT2D eigenvalue weighted by atomic mass is 32.2. The number of imide groups is 1. The van der Waals surface area contributed by atoms with Gasteiger partial charge in [0.25, 0.3) is 11.1 Å². The summed E-state index contributed by atoms with van der Waals surface area (Å²) >= 11 is 0.730. The number of carbonyl (C=O) groups is 3. The van der Waals surface area contributed by atoms with E-state index in [-0.39, 0.29) is 15.9 Å². The summed E-state index contributed by atoms with van der Waals surface area (Å²) in [7, 11) is 2.89. The molecule has 0 N–H and O–H groups in total. The molecule has 3 aromatic carbocycles. The summed E-state index contributed by atoms with van der Waals surface area (Å²) < 4.78 is 16.3. The third kappa shape index (κ3) is 4.83. The molecule has 0 spiro atoms. The second-order valence-corrected chi connectivity index (χ2v) is 9.35. The van der Waals surface area contributed by atoms with E-state index in [9.17, 15) is 19.2 Å². The molecule has 9 heteroatoms. The van der Waals surface area contributed by atoms with Crippen LogP contribution in [0.1, 0.15) is 15.9 Å². The Bertz CT molecular complexity index is 1670. The maximum atomic E-state index is 13.0. The number of hydrogen-bond acceptors (Lipinski definition) is 8. The fraction of sp³-hybridized carbons (Fsp3) is 0.103. The van der Waals surface area contributed by atoms with Gasteiger partial charge in [-0.1, -0.05) is 36.4 Å². The molecule has 1 aliphatic rings. The average Bonchev–Trinajstić information content (AvgIpc) is 3.20. The maximum absolute atomic E-state index is 13.0. The van der Waals surface area contributed by atoms with Crippen LogP contribution in [-0.2, 0) is 4.79 Å². The second-order valence-electron chi connectivity index (χ2n) is 8.35. The first-order valence-electron chi connectivity index (χ1n) is 11.5. The first kappa shape index (κ1) is 25.0. The number of Topliss-reactive ketones (excluding diaryl/α,β-unsaturated/α-hetero) is 1. The summed E-state index contributed by atoms with van der Waals surface area (Å²) in [6.45, 7) is -0.449. The topological polar surface area (TPSA) is 103 Å². The highest BCUT2D eigenvalue weighted by Crippen LogP contribution is 2.34. The Morgan fingerprint density at radius 2 is 1.74 bits per heavy atom. The van der Waals surface area contributed by atoms with Gasteiger partial charge in [-0.05, 0) is 53.7 Å². The Labute approximate surface area is 221 Å². The monoisotopic (exact) mass is 527 g/mol. The van der Waals surface area contributed by atoms with Crippen LogP contribution in [0.3, 0.4) is 0 Å². The maximum Gasteiger partial charge on any atom is 0.293 e. The molecule has 2 amide bonds. The molecule has 8 nitrogen and oxygen atoms in total. The number of fused-ring (bicyclic) bond motifs is 1. The molecule has 2 heterocycles. The smallest absolute Gasteiger partial charge is 0.293 e. The summed E-state index contributed by atoms with van der Waals surface area (Å²) in [6, 6.07) is 20.4. The molecular weight excluding hydrogens is 506 g/mol. The minimum absolute atomic E-state index is 0.144. The fourth-order valence-corrected chi connectivity index (χ4v) is 4.90. The lowest BCUT2D eigenvalue weighted by Gasteiger charge is -2.14. The number of thioether (sulfide) groups is 1. The van der Waals surface area contributed by atoms with Gasteiger partial charge in [-0.2, -0.15) is 0 Å².